The van der Waals surface area contributed by atoms with Gasteiger partial charge in [0, 0.05) is 12.2 Å². The number of para-hydroxylation sites is 1. The van der Waals surface area contributed by atoms with Gasteiger partial charge in [0.15, 0.2) is 5.13 Å². The fourth-order valence-corrected chi connectivity index (χ4v) is 4.55. The summed E-state index contributed by atoms with van der Waals surface area (Å²) in [6.07, 6.45) is 0. The molecule has 0 spiro atoms. The van der Waals surface area contributed by atoms with Crippen LogP contribution in [0.1, 0.15) is 21.1 Å². The molecule has 132 valence electrons. The van der Waals surface area contributed by atoms with Gasteiger partial charge in [-0.15, -0.1) is 11.3 Å². The van der Waals surface area contributed by atoms with Crippen molar-refractivity contribution in [1.82, 2.24) is 14.8 Å². The minimum atomic E-state index is -0.0133. The number of thiophene rings is 1. The highest BCUT2D eigenvalue weighted by Crippen LogP contribution is 2.30. The zero-order valence-electron chi connectivity index (χ0n) is 14.5. The summed E-state index contributed by atoms with van der Waals surface area (Å²) in [7, 11) is 0. The van der Waals surface area contributed by atoms with Gasteiger partial charge in [0.05, 0.1) is 27.3 Å². The monoisotopic (exact) mass is 382 g/mol. The number of carbonyl (C=O) groups excluding carboxylic acids is 1. The van der Waals surface area contributed by atoms with Crippen molar-refractivity contribution in [3.63, 3.8) is 0 Å². The van der Waals surface area contributed by atoms with Crippen LogP contribution in [-0.4, -0.2) is 27.2 Å². The Balaban J connectivity index is 1.66. The van der Waals surface area contributed by atoms with Crippen molar-refractivity contribution in [3.05, 3.63) is 64.1 Å². The first-order valence-electron chi connectivity index (χ1n) is 8.34. The number of rotatable bonds is 5. The second-order valence-electron chi connectivity index (χ2n) is 6.05. The maximum absolute atomic E-state index is 13.1. The molecule has 3 aromatic heterocycles. The molecule has 7 heteroatoms. The van der Waals surface area contributed by atoms with Gasteiger partial charge in [0.1, 0.15) is 0 Å². The fourth-order valence-electron chi connectivity index (χ4n) is 2.89. The quantitative estimate of drug-likeness (QED) is 0.510. The third-order valence-corrected chi connectivity index (χ3v) is 6.05. The summed E-state index contributed by atoms with van der Waals surface area (Å²) in [5.41, 5.74) is 3.00. The van der Waals surface area contributed by atoms with Crippen LogP contribution in [0, 0.1) is 13.8 Å². The minimum Gasteiger partial charge on any atom is -0.281 e. The third kappa shape index (κ3) is 3.27. The van der Waals surface area contributed by atoms with E-state index < -0.39 is 0 Å². The third-order valence-electron chi connectivity index (χ3n) is 4.13. The maximum atomic E-state index is 13.1. The number of amides is 1. The number of fused-ring (bicyclic) bond motifs is 1. The Morgan fingerprint density at radius 2 is 2.04 bits per heavy atom. The Hall–Kier alpha value is -2.51. The molecule has 0 aliphatic heterocycles. The van der Waals surface area contributed by atoms with Crippen molar-refractivity contribution in [2.45, 2.75) is 20.4 Å². The van der Waals surface area contributed by atoms with Crippen molar-refractivity contribution >= 4 is 43.9 Å². The molecule has 0 fully saturated rings. The lowest BCUT2D eigenvalue weighted by molar-refractivity contribution is 0.0989. The molecule has 0 N–H and O–H groups in total. The predicted octanol–water partition coefficient (Wildman–Crippen LogP) is 4.52. The average Bonchev–Trinajstić information content (AvgIpc) is 3.35. The standard InChI is InChI=1S/C19H18N4OS2/c1-13-12-14(2)23(21-13)10-9-22(18(24)17-8-5-11-25-17)19-20-15-6-3-4-7-16(15)26-19/h3-8,11-12H,9-10H2,1-2H3. The lowest BCUT2D eigenvalue weighted by Gasteiger charge is -2.19. The highest BCUT2D eigenvalue weighted by molar-refractivity contribution is 7.22. The van der Waals surface area contributed by atoms with Crippen LogP contribution in [0.25, 0.3) is 10.2 Å². The van der Waals surface area contributed by atoms with Gasteiger partial charge in [-0.05, 0) is 43.5 Å². The highest BCUT2D eigenvalue weighted by Gasteiger charge is 2.22. The first kappa shape index (κ1) is 16.9. The van der Waals surface area contributed by atoms with Crippen molar-refractivity contribution in [1.29, 1.82) is 0 Å². The van der Waals surface area contributed by atoms with Crippen LogP contribution >= 0.6 is 22.7 Å². The van der Waals surface area contributed by atoms with E-state index in [-0.39, 0.29) is 5.91 Å². The summed E-state index contributed by atoms with van der Waals surface area (Å²) in [6.45, 7) is 5.17. The van der Waals surface area contributed by atoms with Gasteiger partial charge in [0.25, 0.3) is 5.91 Å². The van der Waals surface area contributed by atoms with E-state index in [1.54, 1.807) is 16.2 Å². The predicted molar refractivity (Wildman–Crippen MR) is 107 cm³/mol. The number of benzene rings is 1. The lowest BCUT2D eigenvalue weighted by Crippen LogP contribution is -2.33. The number of aryl methyl sites for hydroxylation is 2. The SMILES string of the molecule is Cc1cc(C)n(CCN(C(=O)c2cccs2)c2nc3ccccc3s2)n1. The van der Waals surface area contributed by atoms with Crippen molar-refractivity contribution in [2.75, 3.05) is 11.4 Å². The van der Waals surface area contributed by atoms with Crippen LogP contribution in [0.4, 0.5) is 5.13 Å². The first-order chi connectivity index (χ1) is 12.6. The number of thiazole rings is 1. The Kier molecular flexibility index (Phi) is 4.57. The molecule has 3 heterocycles. The topological polar surface area (TPSA) is 51.0 Å². The van der Waals surface area contributed by atoms with Gasteiger partial charge in [-0.2, -0.15) is 5.10 Å². The van der Waals surface area contributed by atoms with E-state index in [4.69, 9.17) is 0 Å². The summed E-state index contributed by atoms with van der Waals surface area (Å²) in [6, 6.07) is 13.8. The zero-order valence-corrected chi connectivity index (χ0v) is 16.2. The maximum Gasteiger partial charge on any atom is 0.270 e. The summed E-state index contributed by atoms with van der Waals surface area (Å²) in [5, 5.41) is 7.15. The molecule has 0 atom stereocenters. The fraction of sp³-hybridized carbons (Fsp3) is 0.211. The molecular weight excluding hydrogens is 364 g/mol. The summed E-state index contributed by atoms with van der Waals surface area (Å²) in [4.78, 5) is 20.2. The molecule has 26 heavy (non-hydrogen) atoms. The largest absolute Gasteiger partial charge is 0.281 e. The van der Waals surface area contributed by atoms with Crippen LogP contribution in [0.15, 0.2) is 47.8 Å². The summed E-state index contributed by atoms with van der Waals surface area (Å²) < 4.78 is 3.02. The number of hydrogen-bond acceptors (Lipinski definition) is 5. The number of aromatic nitrogens is 3. The van der Waals surface area contributed by atoms with Crippen molar-refractivity contribution < 1.29 is 4.79 Å². The number of carbonyl (C=O) groups is 1. The first-order valence-corrected chi connectivity index (χ1v) is 10.0. The highest BCUT2D eigenvalue weighted by atomic mass is 32.1. The molecule has 0 saturated carbocycles. The number of anilines is 1. The molecule has 1 aromatic carbocycles. The molecule has 0 bridgehead atoms. The van der Waals surface area contributed by atoms with Crippen molar-refractivity contribution in [2.24, 2.45) is 0 Å². The summed E-state index contributed by atoms with van der Waals surface area (Å²) in [5.74, 6) is -0.0133. The van der Waals surface area contributed by atoms with Crippen LogP contribution in [0.3, 0.4) is 0 Å². The Labute approximate surface area is 159 Å². The normalized spacial score (nSPS) is 11.2. The van der Waals surface area contributed by atoms with E-state index in [1.807, 2.05) is 66.4 Å². The van der Waals surface area contributed by atoms with Crippen LogP contribution in [0.5, 0.6) is 0 Å². The van der Waals surface area contributed by atoms with E-state index in [1.165, 1.54) is 11.3 Å². The molecule has 4 rings (SSSR count). The van der Waals surface area contributed by atoms with Gasteiger partial charge in [-0.3, -0.25) is 14.4 Å². The molecule has 0 aliphatic carbocycles. The second kappa shape index (κ2) is 7.01. The second-order valence-corrected chi connectivity index (χ2v) is 8.01. The van der Waals surface area contributed by atoms with Gasteiger partial charge < -0.3 is 0 Å². The van der Waals surface area contributed by atoms with Gasteiger partial charge in [-0.1, -0.05) is 29.5 Å². The molecule has 4 aromatic rings. The number of nitrogens with zero attached hydrogens (tertiary/aromatic N) is 4. The molecule has 0 radical (unpaired) electrons. The molecule has 0 saturated heterocycles. The minimum absolute atomic E-state index is 0.0133. The Morgan fingerprint density at radius 1 is 1.19 bits per heavy atom. The van der Waals surface area contributed by atoms with Crippen LogP contribution in [0.2, 0.25) is 0 Å². The molecule has 0 aliphatic rings. The molecule has 0 unspecified atom stereocenters. The summed E-state index contributed by atoms with van der Waals surface area (Å²) >= 11 is 3.00. The van der Waals surface area contributed by atoms with E-state index in [9.17, 15) is 4.79 Å². The molecular formula is C19H18N4OS2. The van der Waals surface area contributed by atoms with Gasteiger partial charge >= 0.3 is 0 Å². The van der Waals surface area contributed by atoms with E-state index in [2.05, 4.69) is 10.1 Å². The molecule has 1 amide bonds. The zero-order chi connectivity index (χ0) is 18.1. The van der Waals surface area contributed by atoms with Crippen LogP contribution in [-0.2, 0) is 6.54 Å². The Bertz CT molecular complexity index is 1020. The smallest absolute Gasteiger partial charge is 0.270 e. The van der Waals surface area contributed by atoms with E-state index in [0.717, 1.165) is 31.6 Å². The van der Waals surface area contributed by atoms with Gasteiger partial charge in [-0.25, -0.2) is 4.98 Å². The van der Waals surface area contributed by atoms with Crippen molar-refractivity contribution in [3.8, 4) is 0 Å². The van der Waals surface area contributed by atoms with Gasteiger partial charge in [0.2, 0.25) is 0 Å². The number of hydrogen-bond donors (Lipinski definition) is 0. The molecule has 5 nitrogen and oxygen atoms in total. The lowest BCUT2D eigenvalue weighted by atomic mass is 10.3. The average molecular weight is 383 g/mol. The van der Waals surface area contributed by atoms with Crippen LogP contribution < -0.4 is 4.90 Å². The van der Waals surface area contributed by atoms with E-state index >= 15 is 0 Å². The van der Waals surface area contributed by atoms with E-state index in [0.29, 0.717) is 13.1 Å². The Morgan fingerprint density at radius 3 is 2.73 bits per heavy atom.